The minimum Gasteiger partial charge on any atom is -0.300 e. The Balaban J connectivity index is 4.05. The molecule has 5 heteroatoms. The highest BCUT2D eigenvalue weighted by Gasteiger charge is 2.11. The summed E-state index contributed by atoms with van der Waals surface area (Å²) in [5.74, 6) is 0.433. The highest BCUT2D eigenvalue weighted by Crippen LogP contribution is 2.01. The molecule has 0 fully saturated rings. The average molecular weight is 309 g/mol. The van der Waals surface area contributed by atoms with Gasteiger partial charge in [-0.05, 0) is 20.9 Å². The molecule has 0 rings (SSSR count). The van der Waals surface area contributed by atoms with E-state index >= 15 is 0 Å². The minimum absolute atomic E-state index is 0.155. The molecule has 0 aromatic rings. The third-order valence-electron chi connectivity index (χ3n) is 3.59. The third kappa shape index (κ3) is 10.4. The third-order valence-corrected chi connectivity index (χ3v) is 3.59. The van der Waals surface area contributed by atoms with E-state index in [2.05, 4.69) is 21.8 Å². The number of ketones is 2. The van der Waals surface area contributed by atoms with Gasteiger partial charge in [0.15, 0.2) is 0 Å². The van der Waals surface area contributed by atoms with Crippen LogP contribution in [0.25, 0.3) is 0 Å². The molecule has 0 spiro atoms. The Bertz CT molecular complexity index is 391. The van der Waals surface area contributed by atoms with E-state index in [1.165, 1.54) is 0 Å². The first-order chi connectivity index (χ1) is 10.4. The highest BCUT2D eigenvalue weighted by atomic mass is 16.1. The number of nitrogens with zero attached hydrogens (tertiary/aromatic N) is 3. The van der Waals surface area contributed by atoms with Gasteiger partial charge in [0.05, 0.1) is 12.6 Å². The predicted octanol–water partition coefficient (Wildman–Crippen LogP) is 2.58. The van der Waals surface area contributed by atoms with Crippen LogP contribution in [0.5, 0.6) is 0 Å². The Kier molecular flexibility index (Phi) is 11.5. The van der Waals surface area contributed by atoms with Crippen molar-refractivity contribution in [2.24, 2.45) is 9.98 Å². The number of rotatable bonds is 12. The van der Waals surface area contributed by atoms with Crippen LogP contribution in [0.2, 0.25) is 0 Å². The van der Waals surface area contributed by atoms with E-state index in [1.807, 2.05) is 27.8 Å². The molecule has 0 N–H and O–H groups in total. The summed E-state index contributed by atoms with van der Waals surface area (Å²) in [5, 5.41) is 0. The summed E-state index contributed by atoms with van der Waals surface area (Å²) in [6.07, 6.45) is 5.43. The van der Waals surface area contributed by atoms with Crippen LogP contribution < -0.4 is 0 Å². The first kappa shape index (κ1) is 20.6. The van der Waals surface area contributed by atoms with Gasteiger partial charge in [-0.3, -0.25) is 24.5 Å². The van der Waals surface area contributed by atoms with Gasteiger partial charge in [-0.15, -0.1) is 0 Å². The van der Waals surface area contributed by atoms with Gasteiger partial charge in [0.25, 0.3) is 0 Å². The number of aliphatic imine (C=N–C) groups is 2. The Labute approximate surface area is 134 Å². The Morgan fingerprint density at radius 3 is 2.14 bits per heavy atom. The Hall–Kier alpha value is -1.36. The van der Waals surface area contributed by atoms with Gasteiger partial charge in [0, 0.05) is 50.7 Å². The molecule has 0 heterocycles. The Morgan fingerprint density at radius 2 is 1.59 bits per heavy atom. The number of likely N-dealkylation sites (N-methyl/N-ethyl adjacent to an activating group) is 1. The molecule has 0 aromatic heterocycles. The first-order valence-corrected chi connectivity index (χ1v) is 8.14. The SMILES string of the molecule is CCC(=O)CC=NCC(C)N(C)CC(C)N=CCC(=O)CC. The van der Waals surface area contributed by atoms with Gasteiger partial charge in [0.2, 0.25) is 0 Å². The molecule has 126 valence electrons. The summed E-state index contributed by atoms with van der Waals surface area (Å²) >= 11 is 0. The average Bonchev–Trinajstić information content (AvgIpc) is 2.50. The van der Waals surface area contributed by atoms with Crippen LogP contribution in [0, 0.1) is 0 Å². The second kappa shape index (κ2) is 12.2. The molecule has 0 aliphatic rings. The number of carbonyl (C=O) groups is 2. The summed E-state index contributed by atoms with van der Waals surface area (Å²) in [5.41, 5.74) is 0. The molecular weight excluding hydrogens is 278 g/mol. The fraction of sp³-hybridized carbons (Fsp3) is 0.765. The Morgan fingerprint density at radius 1 is 1.05 bits per heavy atom. The van der Waals surface area contributed by atoms with Gasteiger partial charge in [-0.25, -0.2) is 0 Å². The van der Waals surface area contributed by atoms with Crippen molar-refractivity contribution in [3.63, 3.8) is 0 Å². The van der Waals surface area contributed by atoms with E-state index in [0.29, 0.717) is 38.3 Å². The molecule has 22 heavy (non-hydrogen) atoms. The summed E-state index contributed by atoms with van der Waals surface area (Å²) in [7, 11) is 2.04. The van der Waals surface area contributed by atoms with E-state index in [1.54, 1.807) is 12.4 Å². The molecule has 0 aromatic carbocycles. The highest BCUT2D eigenvalue weighted by molar-refractivity contribution is 5.91. The van der Waals surface area contributed by atoms with Gasteiger partial charge in [-0.1, -0.05) is 13.8 Å². The summed E-state index contributed by atoms with van der Waals surface area (Å²) in [4.78, 5) is 33.3. The number of hydrogen-bond acceptors (Lipinski definition) is 5. The van der Waals surface area contributed by atoms with Gasteiger partial charge < -0.3 is 0 Å². The van der Waals surface area contributed by atoms with Crippen LogP contribution in [0.3, 0.4) is 0 Å². The smallest absolute Gasteiger partial charge is 0.137 e. The molecule has 2 atom stereocenters. The van der Waals surface area contributed by atoms with Crippen LogP contribution in [-0.2, 0) is 9.59 Å². The van der Waals surface area contributed by atoms with Crippen LogP contribution in [0.4, 0.5) is 0 Å². The molecule has 5 nitrogen and oxygen atoms in total. The maximum atomic E-state index is 11.2. The second-order valence-corrected chi connectivity index (χ2v) is 5.71. The fourth-order valence-electron chi connectivity index (χ4n) is 1.80. The van der Waals surface area contributed by atoms with Crippen LogP contribution in [-0.4, -0.2) is 61.1 Å². The molecular formula is C17H31N3O2. The maximum Gasteiger partial charge on any atom is 0.137 e. The summed E-state index contributed by atoms with van der Waals surface area (Å²) in [6, 6.07) is 0.450. The minimum atomic E-state index is 0.155. The van der Waals surface area contributed by atoms with Gasteiger partial charge in [-0.2, -0.15) is 0 Å². The maximum absolute atomic E-state index is 11.2. The topological polar surface area (TPSA) is 62.1 Å². The molecule has 0 saturated heterocycles. The molecule has 0 saturated carbocycles. The van der Waals surface area contributed by atoms with E-state index in [9.17, 15) is 9.59 Å². The van der Waals surface area contributed by atoms with Crippen LogP contribution in [0.1, 0.15) is 53.4 Å². The number of carbonyl (C=O) groups excluding carboxylic acids is 2. The van der Waals surface area contributed by atoms with E-state index in [-0.39, 0.29) is 17.6 Å². The van der Waals surface area contributed by atoms with Crippen molar-refractivity contribution in [1.29, 1.82) is 0 Å². The van der Waals surface area contributed by atoms with E-state index in [0.717, 1.165) is 6.54 Å². The zero-order valence-electron chi connectivity index (χ0n) is 14.7. The zero-order valence-corrected chi connectivity index (χ0v) is 14.7. The predicted molar refractivity (Wildman–Crippen MR) is 93.2 cm³/mol. The normalized spacial score (nSPS) is 14.8. The van der Waals surface area contributed by atoms with Crippen molar-refractivity contribution in [3.05, 3.63) is 0 Å². The fourth-order valence-corrected chi connectivity index (χ4v) is 1.80. The second-order valence-electron chi connectivity index (χ2n) is 5.71. The van der Waals surface area contributed by atoms with Gasteiger partial charge >= 0.3 is 0 Å². The number of hydrogen-bond donors (Lipinski definition) is 0. The monoisotopic (exact) mass is 309 g/mol. The van der Waals surface area contributed by atoms with Crippen molar-refractivity contribution in [2.45, 2.75) is 65.5 Å². The lowest BCUT2D eigenvalue weighted by Gasteiger charge is -2.24. The van der Waals surface area contributed by atoms with Crippen LogP contribution in [0.15, 0.2) is 9.98 Å². The van der Waals surface area contributed by atoms with Gasteiger partial charge in [0.1, 0.15) is 11.6 Å². The van der Waals surface area contributed by atoms with E-state index < -0.39 is 0 Å². The van der Waals surface area contributed by atoms with Crippen molar-refractivity contribution in [3.8, 4) is 0 Å². The lowest BCUT2D eigenvalue weighted by Crippen LogP contribution is -2.36. The van der Waals surface area contributed by atoms with Crippen LogP contribution >= 0.6 is 0 Å². The van der Waals surface area contributed by atoms with Crippen molar-refractivity contribution >= 4 is 24.0 Å². The van der Waals surface area contributed by atoms with E-state index in [4.69, 9.17) is 0 Å². The van der Waals surface area contributed by atoms with Crippen molar-refractivity contribution in [1.82, 2.24) is 4.90 Å². The first-order valence-electron chi connectivity index (χ1n) is 8.14. The molecule has 2 unspecified atom stereocenters. The van der Waals surface area contributed by atoms with Crippen molar-refractivity contribution < 1.29 is 9.59 Å². The largest absolute Gasteiger partial charge is 0.300 e. The molecule has 0 aliphatic carbocycles. The molecule has 0 amide bonds. The lowest BCUT2D eigenvalue weighted by atomic mass is 10.2. The zero-order chi connectivity index (χ0) is 17.0. The lowest BCUT2D eigenvalue weighted by molar-refractivity contribution is -0.118. The molecule has 0 radical (unpaired) electrons. The summed E-state index contributed by atoms with van der Waals surface area (Å²) in [6.45, 7) is 9.38. The summed E-state index contributed by atoms with van der Waals surface area (Å²) < 4.78 is 0. The standard InChI is InChI=1S/C17H31N3O2/c1-6-16(21)8-10-18-12-15(4)20(5)13-14(3)19-11-9-17(22)7-2/h10-11,14-15H,6-9,12-13H2,1-5H3. The molecule has 0 aliphatic heterocycles. The van der Waals surface area contributed by atoms with Crippen molar-refractivity contribution in [2.75, 3.05) is 20.1 Å². The molecule has 0 bridgehead atoms. The quantitative estimate of drug-likeness (QED) is 0.521. The number of Topliss-reactive ketones (excluding diaryl/α,β-unsaturated/α-hetero) is 2.